The van der Waals surface area contributed by atoms with E-state index in [4.69, 9.17) is 4.74 Å². The van der Waals surface area contributed by atoms with Crippen LogP contribution in [0.1, 0.15) is 11.1 Å². The van der Waals surface area contributed by atoms with Crippen LogP contribution in [0.15, 0.2) is 63.0 Å². The zero-order valence-electron chi connectivity index (χ0n) is 11.6. The molecule has 4 heteroatoms. The zero-order chi connectivity index (χ0) is 15.2. The van der Waals surface area contributed by atoms with E-state index >= 15 is 0 Å². The third-order valence-corrected chi connectivity index (χ3v) is 3.94. The van der Waals surface area contributed by atoms with E-state index in [2.05, 4.69) is 50.4 Å². The van der Waals surface area contributed by atoms with E-state index in [0.717, 1.165) is 25.9 Å². The van der Waals surface area contributed by atoms with Gasteiger partial charge in [0.15, 0.2) is 0 Å². The van der Waals surface area contributed by atoms with Gasteiger partial charge < -0.3 is 4.74 Å². The van der Waals surface area contributed by atoms with Crippen LogP contribution in [0.3, 0.4) is 0 Å². The van der Waals surface area contributed by atoms with Gasteiger partial charge in [0.05, 0.1) is 14.6 Å². The highest BCUT2D eigenvalue weighted by Gasteiger charge is 2.07. The highest BCUT2D eigenvalue weighted by Crippen LogP contribution is 2.34. The second kappa shape index (κ2) is 7.57. The lowest BCUT2D eigenvalue weighted by molar-refractivity contribution is 0.358. The second-order valence-electron chi connectivity index (χ2n) is 4.51. The van der Waals surface area contributed by atoms with Gasteiger partial charge in [0.2, 0.25) is 0 Å². The molecular weight excluding hydrogens is 394 g/mol. The van der Waals surface area contributed by atoms with Gasteiger partial charge in [0, 0.05) is 6.21 Å². The van der Waals surface area contributed by atoms with Crippen LogP contribution in [0, 0.1) is 6.92 Å². The first-order valence-electron chi connectivity index (χ1n) is 6.43. The molecule has 0 heterocycles. The zero-order valence-corrected chi connectivity index (χ0v) is 14.8. The van der Waals surface area contributed by atoms with E-state index in [-0.39, 0.29) is 0 Å². The molecule has 0 bridgehead atoms. The second-order valence-corrected chi connectivity index (χ2v) is 6.22. The summed E-state index contributed by atoms with van der Waals surface area (Å²) in [4.78, 5) is 4.47. The number of ether oxygens (including phenoxy) is 1. The molecule has 0 atom stereocenters. The standard InChI is InChI=1S/C17H15Br2NO/c1-3-8-21-17-15(18)9-13(10-16(17)19)11-20-14-6-4-12(2)5-7-14/h3-7,9-11H,1,8H2,2H3. The minimum atomic E-state index is 0.466. The van der Waals surface area contributed by atoms with Crippen molar-refractivity contribution in [3.63, 3.8) is 0 Å². The Balaban J connectivity index is 2.21. The van der Waals surface area contributed by atoms with Crippen molar-refractivity contribution in [2.75, 3.05) is 6.61 Å². The Labute approximate surface area is 141 Å². The fraction of sp³-hybridized carbons (Fsp3) is 0.118. The molecule has 2 rings (SSSR count). The van der Waals surface area contributed by atoms with Gasteiger partial charge in [-0.2, -0.15) is 0 Å². The van der Waals surface area contributed by atoms with E-state index in [0.29, 0.717) is 6.61 Å². The summed E-state index contributed by atoms with van der Waals surface area (Å²) in [6.45, 7) is 6.17. The van der Waals surface area contributed by atoms with Gasteiger partial charge in [-0.05, 0) is 68.6 Å². The van der Waals surface area contributed by atoms with Crippen LogP contribution >= 0.6 is 31.9 Å². The predicted molar refractivity (Wildman–Crippen MR) is 96.0 cm³/mol. The molecule has 0 saturated carbocycles. The fourth-order valence-electron chi connectivity index (χ4n) is 1.71. The summed E-state index contributed by atoms with van der Waals surface area (Å²) in [6.07, 6.45) is 3.54. The summed E-state index contributed by atoms with van der Waals surface area (Å²) < 4.78 is 7.35. The Kier molecular flexibility index (Phi) is 5.76. The molecule has 0 spiro atoms. The Morgan fingerprint density at radius 3 is 2.33 bits per heavy atom. The summed E-state index contributed by atoms with van der Waals surface area (Å²) in [6, 6.07) is 12.0. The van der Waals surface area contributed by atoms with Crippen molar-refractivity contribution < 1.29 is 4.74 Å². The molecule has 0 radical (unpaired) electrons. The largest absolute Gasteiger partial charge is 0.487 e. The molecule has 0 aromatic heterocycles. The van der Waals surface area contributed by atoms with Crippen molar-refractivity contribution >= 4 is 43.8 Å². The van der Waals surface area contributed by atoms with Crippen molar-refractivity contribution in [1.29, 1.82) is 0 Å². The monoisotopic (exact) mass is 407 g/mol. The molecule has 2 aromatic carbocycles. The van der Waals surface area contributed by atoms with E-state index in [1.54, 1.807) is 6.08 Å². The first-order chi connectivity index (χ1) is 10.1. The number of hydrogen-bond donors (Lipinski definition) is 0. The number of halogens is 2. The molecule has 2 nitrogen and oxygen atoms in total. The van der Waals surface area contributed by atoms with Gasteiger partial charge in [-0.25, -0.2) is 0 Å². The van der Waals surface area contributed by atoms with E-state index in [9.17, 15) is 0 Å². The summed E-state index contributed by atoms with van der Waals surface area (Å²) in [5.74, 6) is 0.766. The molecule has 0 saturated heterocycles. The van der Waals surface area contributed by atoms with Gasteiger partial charge >= 0.3 is 0 Å². The van der Waals surface area contributed by atoms with E-state index in [1.165, 1.54) is 5.56 Å². The number of aliphatic imine (C=N–C) groups is 1. The average molecular weight is 409 g/mol. The molecule has 0 N–H and O–H groups in total. The third kappa shape index (κ3) is 4.55. The molecule has 21 heavy (non-hydrogen) atoms. The van der Waals surface area contributed by atoms with Crippen molar-refractivity contribution in [3.8, 4) is 5.75 Å². The molecule has 2 aromatic rings. The first kappa shape index (κ1) is 16.0. The molecule has 0 aliphatic rings. The summed E-state index contributed by atoms with van der Waals surface area (Å²) in [7, 11) is 0. The third-order valence-electron chi connectivity index (χ3n) is 2.76. The molecule has 0 unspecified atom stereocenters. The van der Waals surface area contributed by atoms with Crippen molar-refractivity contribution in [2.45, 2.75) is 6.92 Å². The molecule has 0 aliphatic carbocycles. The minimum Gasteiger partial charge on any atom is -0.487 e. The maximum absolute atomic E-state index is 5.59. The predicted octanol–water partition coefficient (Wildman–Crippen LogP) is 5.84. The molecular formula is C17H15Br2NO. The van der Waals surface area contributed by atoms with Crippen molar-refractivity contribution in [1.82, 2.24) is 0 Å². The van der Waals surface area contributed by atoms with Gasteiger partial charge in [0.1, 0.15) is 12.4 Å². The first-order valence-corrected chi connectivity index (χ1v) is 8.02. The molecule has 0 aliphatic heterocycles. The highest BCUT2D eigenvalue weighted by atomic mass is 79.9. The Morgan fingerprint density at radius 2 is 1.76 bits per heavy atom. The highest BCUT2D eigenvalue weighted by molar-refractivity contribution is 9.11. The number of hydrogen-bond acceptors (Lipinski definition) is 2. The Hall–Kier alpha value is -1.39. The maximum atomic E-state index is 5.59. The number of benzene rings is 2. The summed E-state index contributed by atoms with van der Waals surface area (Å²) in [5, 5.41) is 0. The van der Waals surface area contributed by atoms with Gasteiger partial charge in [-0.15, -0.1) is 0 Å². The van der Waals surface area contributed by atoms with Gasteiger partial charge in [0.25, 0.3) is 0 Å². The summed E-state index contributed by atoms with van der Waals surface area (Å²) in [5.41, 5.74) is 3.14. The lowest BCUT2D eigenvalue weighted by Gasteiger charge is -2.09. The number of rotatable bonds is 5. The Morgan fingerprint density at radius 1 is 1.14 bits per heavy atom. The van der Waals surface area contributed by atoms with Crippen LogP contribution in [-0.2, 0) is 0 Å². The van der Waals surface area contributed by atoms with Crippen LogP contribution in [0.25, 0.3) is 0 Å². The van der Waals surface area contributed by atoms with Crippen LogP contribution in [-0.4, -0.2) is 12.8 Å². The summed E-state index contributed by atoms with van der Waals surface area (Å²) >= 11 is 7.03. The van der Waals surface area contributed by atoms with Crippen molar-refractivity contribution in [2.24, 2.45) is 4.99 Å². The maximum Gasteiger partial charge on any atom is 0.148 e. The van der Waals surface area contributed by atoms with E-state index < -0.39 is 0 Å². The normalized spacial score (nSPS) is 10.8. The lowest BCUT2D eigenvalue weighted by Crippen LogP contribution is -1.96. The van der Waals surface area contributed by atoms with Crippen molar-refractivity contribution in [3.05, 3.63) is 69.1 Å². The minimum absolute atomic E-state index is 0.466. The van der Waals surface area contributed by atoms with Gasteiger partial charge in [-0.3, -0.25) is 4.99 Å². The van der Waals surface area contributed by atoms with Crippen LogP contribution < -0.4 is 4.74 Å². The molecule has 0 fully saturated rings. The lowest BCUT2D eigenvalue weighted by atomic mass is 10.2. The quantitative estimate of drug-likeness (QED) is 0.450. The molecule has 0 amide bonds. The van der Waals surface area contributed by atoms with Crippen LogP contribution in [0.5, 0.6) is 5.75 Å². The number of nitrogens with zero attached hydrogens (tertiary/aromatic N) is 1. The smallest absolute Gasteiger partial charge is 0.148 e. The number of aryl methyl sites for hydroxylation is 1. The van der Waals surface area contributed by atoms with Gasteiger partial charge in [-0.1, -0.05) is 30.4 Å². The van der Waals surface area contributed by atoms with Crippen LogP contribution in [0.2, 0.25) is 0 Å². The fourth-order valence-corrected chi connectivity index (χ4v) is 3.16. The Bertz CT molecular complexity index is 640. The topological polar surface area (TPSA) is 21.6 Å². The van der Waals surface area contributed by atoms with E-state index in [1.807, 2.05) is 42.6 Å². The van der Waals surface area contributed by atoms with Crippen LogP contribution in [0.4, 0.5) is 5.69 Å². The SMILES string of the molecule is C=CCOc1c(Br)cc(C=Nc2ccc(C)cc2)cc1Br. The average Bonchev–Trinajstić information content (AvgIpc) is 2.46. The molecule has 108 valence electrons.